The fourth-order valence-corrected chi connectivity index (χ4v) is 35.4. The highest BCUT2D eigenvalue weighted by atomic mass is 32.2. The molecule has 0 fully saturated rings. The molecule has 19 aromatic carbocycles. The molecule has 0 spiro atoms. The Hall–Kier alpha value is -16.5. The van der Waals surface area contributed by atoms with Crippen molar-refractivity contribution in [2.24, 2.45) is 0 Å². The molecule has 27 rings (SSSR count). The van der Waals surface area contributed by atoms with Gasteiger partial charge in [0.05, 0.1) is 106 Å². The summed E-state index contributed by atoms with van der Waals surface area (Å²) in [6.07, 6.45) is 4.73. The quantitative estimate of drug-likeness (QED) is 0.0682. The van der Waals surface area contributed by atoms with Gasteiger partial charge < -0.3 is 13.7 Å². The van der Waals surface area contributed by atoms with E-state index in [4.69, 9.17) is 9.97 Å². The monoisotopic (exact) mass is 2060 g/mol. The Kier molecular flexibility index (Phi) is 23.2. The summed E-state index contributed by atoms with van der Waals surface area (Å²) in [7, 11) is -24.0. The molecule has 0 N–H and O–H groups in total. The Balaban J connectivity index is 0.000000106. The lowest BCUT2D eigenvalue weighted by Gasteiger charge is -2.22. The van der Waals surface area contributed by atoms with Crippen molar-refractivity contribution in [1.29, 1.82) is 0 Å². The molecule has 4 aliphatic rings. The van der Waals surface area contributed by atoms with Crippen LogP contribution in [0.1, 0.15) is 35.5 Å². The summed E-state index contributed by atoms with van der Waals surface area (Å²) in [5, 5.41) is 8.81. The van der Waals surface area contributed by atoms with E-state index in [9.17, 15) is 47.4 Å². The number of para-hydroxylation sites is 5. The fourth-order valence-electron chi connectivity index (χ4n) is 20.9. The minimum Gasteiger partial charge on any atom is -0.309 e. The van der Waals surface area contributed by atoms with Gasteiger partial charge in [-0.05, 0) is 156 Å². The van der Waals surface area contributed by atoms with Crippen LogP contribution in [0.15, 0.2) is 488 Å². The molecule has 0 atom stereocenters. The Morgan fingerprint density at radius 3 is 1.01 bits per heavy atom. The van der Waals surface area contributed by atoms with Crippen molar-refractivity contribution in [3.8, 4) is 56.4 Å². The van der Waals surface area contributed by atoms with Crippen molar-refractivity contribution in [3.63, 3.8) is 0 Å². The number of sulfone groups is 4. The molecule has 0 amide bonds. The lowest BCUT2D eigenvalue weighted by atomic mass is 10.0. The SMILES string of the molecule is CCc1nc2c(/C=C/c3ccccc3)ccc3c2n1-c1ccccc1S3(=O)=O.Cc1nc2cccc3c2n1-c1ccc(-c2ccc(P(=O)(c4ccccc4)c4ccccc4)cc2)cc1S3(=O)=O.Cc1nc2cccc3c2n1-c1ccc(-c2ccc4cc(P(=O)(c5ccccc5)c5ccccc5)ccc4c2)cc1S3(=O)=O.O=P(c1ccccc1)(c1ccccc1)c1ccc(-c2nc3cccc4c3n2-c2ccccc2S4(=O)=O)cc1. The van der Waals surface area contributed by atoms with Crippen molar-refractivity contribution in [2.75, 3.05) is 0 Å². The van der Waals surface area contributed by atoms with E-state index in [1.165, 1.54) is 0 Å². The van der Waals surface area contributed by atoms with Crippen molar-refractivity contribution in [3.05, 3.63) is 478 Å². The maximum absolute atomic E-state index is 14.8. The number of nitrogens with zero attached hydrogens (tertiary/aromatic N) is 8. The largest absolute Gasteiger partial charge is 0.309 e. The van der Waals surface area contributed by atoms with Gasteiger partial charge in [0.1, 0.15) is 23.3 Å². The van der Waals surface area contributed by atoms with Crippen molar-refractivity contribution in [2.45, 2.75) is 66.4 Å². The molecule has 0 aliphatic carbocycles. The number of aryl methyl sites for hydroxylation is 3. The smallest absolute Gasteiger partial charge is 0.210 e. The van der Waals surface area contributed by atoms with E-state index in [-0.39, 0.29) is 29.4 Å². The Bertz CT molecular complexity index is 9950. The number of aromatic nitrogens is 8. The van der Waals surface area contributed by atoms with E-state index in [0.29, 0.717) is 83.4 Å². The first-order valence-corrected chi connectivity index (χ1v) is 59.0. The van der Waals surface area contributed by atoms with E-state index < -0.39 is 60.8 Å². The van der Waals surface area contributed by atoms with Gasteiger partial charge >= 0.3 is 0 Å². The standard InChI is InChI=1S/C36H25N2O3PS.C32H23N2O3PS.C31H21N2O3PS.C23H18N2O2S/c1-24-37-32-13-8-14-34-36(32)38(24)33-20-18-28(23-35(33)43(34,40)41)25-15-16-27-22-31(19-17-26(27)21-25)42(39,29-9-4-2-5-10-29)30-11-6-3-7-12-30;1-22-33-28-13-8-14-30-32(28)34(22)29-20-17-24(21-31(29)39(30,36)37)23-15-18-27(19-16-23)38(35,25-9-4-2-5-10-25)26-11-6-3-7-12-26;34-37(23-10-3-1-4-11-23,24-12-5-2-6-13-24)25-20-18-22(19-21-25)31-32-26-14-9-17-29-30(26)33(31)27-15-7-8-16-28(27)38(29,35)36;1-2-21-24-22-17(13-12-16-8-4-3-5-9-16)14-15-20-23(22)25(21)18-10-6-7-11-19(18)28(20,26)27/h2-23H,1H3;2-21H,1H3;1-21H;3-15H,2H2,1H3/b;;;13-12+. The summed E-state index contributed by atoms with van der Waals surface area (Å²) in [6.45, 7) is 5.82. The van der Waals surface area contributed by atoms with Crippen LogP contribution < -0.4 is 47.7 Å². The number of rotatable bonds is 15. The summed E-state index contributed by atoms with van der Waals surface area (Å²) in [6, 6.07) is 139. The maximum Gasteiger partial charge on any atom is 0.210 e. The molecule has 0 radical (unpaired) electrons. The molecule has 720 valence electrons. The summed E-state index contributed by atoms with van der Waals surface area (Å²) >= 11 is 0. The summed E-state index contributed by atoms with van der Waals surface area (Å²) in [4.78, 5) is 21.1. The first-order chi connectivity index (χ1) is 71.8. The number of fused-ring (bicyclic) bond motifs is 9. The van der Waals surface area contributed by atoms with Gasteiger partial charge in [-0.15, -0.1) is 0 Å². The summed E-state index contributed by atoms with van der Waals surface area (Å²) in [5.41, 5.74) is 13.8. The number of hydrogen-bond acceptors (Lipinski definition) is 15. The molecule has 148 heavy (non-hydrogen) atoms. The second kappa shape index (κ2) is 36.6. The van der Waals surface area contributed by atoms with Gasteiger partial charge in [0.25, 0.3) is 0 Å². The van der Waals surface area contributed by atoms with Crippen LogP contribution >= 0.6 is 21.4 Å². The Morgan fingerprint density at radius 1 is 0.243 bits per heavy atom. The topological polar surface area (TPSA) is 259 Å². The van der Waals surface area contributed by atoms with E-state index in [0.717, 1.165) is 120 Å². The van der Waals surface area contributed by atoms with Gasteiger partial charge in [-0.3, -0.25) is 18.3 Å². The normalized spacial score (nSPS) is 13.9. The second-order valence-electron chi connectivity index (χ2n) is 36.4. The number of benzene rings is 19. The lowest BCUT2D eigenvalue weighted by molar-refractivity contribution is 0.591. The van der Waals surface area contributed by atoms with Gasteiger partial charge in [-0.2, -0.15) is 0 Å². The van der Waals surface area contributed by atoms with E-state index >= 15 is 0 Å². The third-order valence-corrected chi connectivity index (χ3v) is 44.4. The van der Waals surface area contributed by atoms with Crippen LogP contribution in [0.2, 0.25) is 0 Å². The Morgan fingerprint density at radius 2 is 0.561 bits per heavy atom. The summed E-state index contributed by atoms with van der Waals surface area (Å²) < 4.78 is 160. The molecule has 0 saturated heterocycles. The van der Waals surface area contributed by atoms with Crippen LogP contribution in [-0.2, 0) is 59.5 Å². The zero-order valence-electron chi connectivity index (χ0n) is 79.6. The number of imidazole rings is 4. The van der Waals surface area contributed by atoms with Crippen LogP contribution in [0, 0.1) is 13.8 Å². The second-order valence-corrected chi connectivity index (χ2v) is 52.3. The minimum atomic E-state index is -3.73. The third-order valence-electron chi connectivity index (χ3n) is 27.9. The Labute approximate surface area is 854 Å². The molecule has 26 heteroatoms. The van der Waals surface area contributed by atoms with Crippen molar-refractivity contribution < 1.29 is 47.4 Å². The van der Waals surface area contributed by atoms with Crippen LogP contribution in [0.4, 0.5) is 0 Å². The average molecular weight is 2060 g/mol. The van der Waals surface area contributed by atoms with Crippen LogP contribution in [-0.4, -0.2) is 71.9 Å². The van der Waals surface area contributed by atoms with Crippen LogP contribution in [0.5, 0.6) is 0 Å². The molecule has 8 heterocycles. The molecule has 4 aromatic heterocycles. The maximum atomic E-state index is 14.8. The van der Waals surface area contributed by atoms with E-state index in [1.807, 2.05) is 409 Å². The predicted molar refractivity (Wildman–Crippen MR) is 592 cm³/mol. The molecule has 23 aromatic rings. The molecule has 0 unspecified atom stereocenters. The van der Waals surface area contributed by atoms with Gasteiger partial charge in [-0.1, -0.05) is 365 Å². The third kappa shape index (κ3) is 15.3. The zero-order chi connectivity index (χ0) is 101. The average Bonchev–Trinajstić information content (AvgIpc) is 1.43. The highest BCUT2D eigenvalue weighted by Gasteiger charge is 2.41. The molecular weight excluding hydrogens is 1970 g/mol. The van der Waals surface area contributed by atoms with E-state index in [1.54, 1.807) is 84.9 Å². The van der Waals surface area contributed by atoms with Gasteiger partial charge in [0.2, 0.25) is 39.3 Å². The number of hydrogen-bond donors (Lipinski definition) is 0. The van der Waals surface area contributed by atoms with Crippen molar-refractivity contribution >= 4 is 176 Å². The highest BCUT2D eigenvalue weighted by molar-refractivity contribution is 7.93. The first-order valence-electron chi connectivity index (χ1n) is 48.0. The van der Waals surface area contributed by atoms with Gasteiger partial charge in [0, 0.05) is 65.3 Å². The van der Waals surface area contributed by atoms with E-state index in [2.05, 4.69) is 16.0 Å². The predicted octanol–water partition coefficient (Wildman–Crippen LogP) is 23.1. The summed E-state index contributed by atoms with van der Waals surface area (Å²) in [5.74, 6) is 2.98. The molecule has 19 nitrogen and oxygen atoms in total. The molecular formula is C122H87N8O11P3S4. The van der Waals surface area contributed by atoms with Crippen LogP contribution in [0.3, 0.4) is 0 Å². The van der Waals surface area contributed by atoms with Gasteiger partial charge in [-0.25, -0.2) is 53.6 Å². The minimum absolute atomic E-state index is 0.252. The highest BCUT2D eigenvalue weighted by Crippen LogP contribution is 2.51. The van der Waals surface area contributed by atoms with Gasteiger partial charge in [0.15, 0.2) is 21.4 Å². The lowest BCUT2D eigenvalue weighted by Crippen LogP contribution is -2.24. The zero-order valence-corrected chi connectivity index (χ0v) is 85.6. The molecule has 0 saturated carbocycles. The fraction of sp³-hybridized carbons (Fsp3) is 0.0328. The molecule has 4 aliphatic heterocycles. The van der Waals surface area contributed by atoms with Crippen LogP contribution in [0.25, 0.3) is 123 Å². The first kappa shape index (κ1) is 93.9. The molecule has 0 bridgehead atoms. The van der Waals surface area contributed by atoms with Crippen molar-refractivity contribution in [1.82, 2.24) is 38.2 Å².